The zero-order valence-corrected chi connectivity index (χ0v) is 12.1. The Morgan fingerprint density at radius 1 is 1.28 bits per heavy atom. The van der Waals surface area contributed by atoms with Crippen molar-refractivity contribution in [3.63, 3.8) is 0 Å². The van der Waals surface area contributed by atoms with Crippen molar-refractivity contribution >= 4 is 0 Å². The summed E-state index contributed by atoms with van der Waals surface area (Å²) < 4.78 is 5.46. The summed E-state index contributed by atoms with van der Waals surface area (Å²) in [7, 11) is 0. The molecule has 2 atom stereocenters. The number of hydrogen-bond acceptors (Lipinski definition) is 3. The average molecular weight is 250 g/mol. The van der Waals surface area contributed by atoms with Gasteiger partial charge in [0.1, 0.15) is 0 Å². The number of rotatable bonds is 8. The van der Waals surface area contributed by atoms with Gasteiger partial charge in [-0.1, -0.05) is 26.8 Å². The van der Waals surface area contributed by atoms with E-state index in [2.05, 4.69) is 37.1 Å². The molecule has 0 aliphatic carbocycles. The van der Waals surface area contributed by atoms with E-state index in [-0.39, 0.29) is 0 Å². The van der Waals surface area contributed by atoms with E-state index in [4.69, 9.17) is 4.74 Å². The van der Waals surface area contributed by atoms with Crippen molar-refractivity contribution in [3.05, 3.63) is 23.9 Å². The van der Waals surface area contributed by atoms with Gasteiger partial charge < -0.3 is 10.1 Å². The summed E-state index contributed by atoms with van der Waals surface area (Å²) >= 11 is 0. The number of pyridine rings is 1. The van der Waals surface area contributed by atoms with Crippen molar-refractivity contribution < 1.29 is 4.74 Å². The third kappa shape index (κ3) is 4.30. The topological polar surface area (TPSA) is 34.1 Å². The molecule has 0 saturated heterocycles. The smallest absolute Gasteiger partial charge is 0.213 e. The van der Waals surface area contributed by atoms with Crippen LogP contribution in [0.3, 0.4) is 0 Å². The normalized spacial score (nSPS) is 14.2. The van der Waals surface area contributed by atoms with Crippen LogP contribution in [0.1, 0.15) is 52.1 Å². The maximum Gasteiger partial charge on any atom is 0.213 e. The molecule has 1 N–H and O–H groups in total. The van der Waals surface area contributed by atoms with E-state index in [9.17, 15) is 0 Å². The van der Waals surface area contributed by atoms with Gasteiger partial charge in [-0.25, -0.2) is 4.98 Å². The average Bonchev–Trinajstić information content (AvgIpc) is 2.40. The molecular weight excluding hydrogens is 224 g/mol. The maximum atomic E-state index is 5.46. The summed E-state index contributed by atoms with van der Waals surface area (Å²) in [5, 5.41) is 3.59. The van der Waals surface area contributed by atoms with E-state index >= 15 is 0 Å². The Hall–Kier alpha value is -1.09. The van der Waals surface area contributed by atoms with Gasteiger partial charge in [0.2, 0.25) is 5.88 Å². The fourth-order valence-electron chi connectivity index (χ4n) is 2.12. The van der Waals surface area contributed by atoms with E-state index in [0.717, 1.165) is 31.0 Å². The fraction of sp³-hybridized carbons (Fsp3) is 0.667. The van der Waals surface area contributed by atoms with Crippen LogP contribution in [0.25, 0.3) is 0 Å². The standard InChI is InChI=1S/C15H26N2O/c1-5-11-16-13(6-2)12(4)14-9-8-10-15(17-14)18-7-3/h8-10,12-13,16H,5-7,11H2,1-4H3. The van der Waals surface area contributed by atoms with Gasteiger partial charge in [-0.2, -0.15) is 0 Å². The minimum atomic E-state index is 0.405. The Balaban J connectivity index is 2.73. The molecule has 1 heterocycles. The van der Waals surface area contributed by atoms with Crippen molar-refractivity contribution in [2.45, 2.75) is 52.5 Å². The summed E-state index contributed by atoms with van der Waals surface area (Å²) in [4.78, 5) is 4.58. The molecule has 3 heteroatoms. The monoisotopic (exact) mass is 250 g/mol. The van der Waals surface area contributed by atoms with Crippen LogP contribution in [0, 0.1) is 0 Å². The highest BCUT2D eigenvalue weighted by Crippen LogP contribution is 2.21. The molecule has 0 aliphatic heterocycles. The molecule has 3 nitrogen and oxygen atoms in total. The van der Waals surface area contributed by atoms with Gasteiger partial charge in [-0.3, -0.25) is 0 Å². The lowest BCUT2D eigenvalue weighted by molar-refractivity contribution is 0.323. The number of nitrogens with one attached hydrogen (secondary N) is 1. The van der Waals surface area contributed by atoms with Gasteiger partial charge in [0.15, 0.2) is 0 Å². The lowest BCUT2D eigenvalue weighted by atomic mass is 9.95. The van der Waals surface area contributed by atoms with Crippen molar-refractivity contribution in [1.82, 2.24) is 10.3 Å². The first-order valence-electron chi connectivity index (χ1n) is 7.06. The summed E-state index contributed by atoms with van der Waals surface area (Å²) in [6.07, 6.45) is 2.28. The second kappa shape index (κ2) is 8.09. The minimum absolute atomic E-state index is 0.405. The number of ether oxygens (including phenoxy) is 1. The molecule has 1 rings (SSSR count). The van der Waals surface area contributed by atoms with E-state index in [1.54, 1.807) is 0 Å². The zero-order valence-electron chi connectivity index (χ0n) is 12.1. The summed E-state index contributed by atoms with van der Waals surface area (Å²) in [5.41, 5.74) is 1.11. The van der Waals surface area contributed by atoms with Crippen molar-refractivity contribution in [3.8, 4) is 5.88 Å². The Bertz CT molecular complexity index is 341. The highest BCUT2D eigenvalue weighted by Gasteiger charge is 2.18. The molecule has 0 aromatic carbocycles. The van der Waals surface area contributed by atoms with Gasteiger partial charge in [0.05, 0.1) is 6.61 Å². The van der Waals surface area contributed by atoms with Gasteiger partial charge in [0.25, 0.3) is 0 Å². The van der Waals surface area contributed by atoms with Crippen LogP contribution in [0.5, 0.6) is 5.88 Å². The molecular formula is C15H26N2O. The molecule has 102 valence electrons. The largest absolute Gasteiger partial charge is 0.478 e. The van der Waals surface area contributed by atoms with Crippen LogP contribution in [-0.4, -0.2) is 24.2 Å². The van der Waals surface area contributed by atoms with Gasteiger partial charge in [-0.05, 0) is 32.4 Å². The zero-order chi connectivity index (χ0) is 13.4. The van der Waals surface area contributed by atoms with E-state index < -0.39 is 0 Å². The Labute approximate surface area is 111 Å². The van der Waals surface area contributed by atoms with E-state index in [0.29, 0.717) is 18.6 Å². The van der Waals surface area contributed by atoms with Gasteiger partial charge in [0, 0.05) is 23.7 Å². The third-order valence-corrected chi connectivity index (χ3v) is 3.20. The molecule has 1 aromatic heterocycles. The van der Waals surface area contributed by atoms with Gasteiger partial charge in [-0.15, -0.1) is 0 Å². The second-order valence-corrected chi connectivity index (χ2v) is 4.59. The van der Waals surface area contributed by atoms with E-state index in [1.807, 2.05) is 19.1 Å². The Kier molecular flexibility index (Phi) is 6.73. The van der Waals surface area contributed by atoms with E-state index in [1.165, 1.54) is 0 Å². The third-order valence-electron chi connectivity index (χ3n) is 3.20. The highest BCUT2D eigenvalue weighted by molar-refractivity contribution is 5.19. The van der Waals surface area contributed by atoms with Gasteiger partial charge >= 0.3 is 0 Å². The summed E-state index contributed by atoms with van der Waals surface area (Å²) in [6, 6.07) is 6.51. The first-order chi connectivity index (χ1) is 8.72. The SMILES string of the molecule is CCCNC(CC)C(C)c1cccc(OCC)n1. The molecule has 0 amide bonds. The van der Waals surface area contributed by atoms with Crippen molar-refractivity contribution in [2.24, 2.45) is 0 Å². The quantitative estimate of drug-likeness (QED) is 0.768. The second-order valence-electron chi connectivity index (χ2n) is 4.59. The van der Waals surface area contributed by atoms with Crippen LogP contribution in [0.2, 0.25) is 0 Å². The van der Waals surface area contributed by atoms with Crippen molar-refractivity contribution in [1.29, 1.82) is 0 Å². The first-order valence-corrected chi connectivity index (χ1v) is 7.06. The summed E-state index contributed by atoms with van der Waals surface area (Å²) in [6.45, 7) is 10.4. The Morgan fingerprint density at radius 3 is 2.67 bits per heavy atom. The molecule has 0 spiro atoms. The lowest BCUT2D eigenvalue weighted by Crippen LogP contribution is -2.34. The summed E-state index contributed by atoms with van der Waals surface area (Å²) in [5.74, 6) is 1.13. The molecule has 1 aromatic rings. The molecule has 2 unspecified atom stereocenters. The molecule has 0 fully saturated rings. The maximum absolute atomic E-state index is 5.46. The molecule has 0 radical (unpaired) electrons. The predicted octanol–water partition coefficient (Wildman–Crippen LogP) is 3.36. The predicted molar refractivity (Wildman–Crippen MR) is 76.2 cm³/mol. The van der Waals surface area contributed by atoms with Crippen LogP contribution >= 0.6 is 0 Å². The molecule has 0 bridgehead atoms. The molecule has 0 aliphatic rings. The van der Waals surface area contributed by atoms with Crippen LogP contribution in [0.15, 0.2) is 18.2 Å². The Morgan fingerprint density at radius 2 is 2.06 bits per heavy atom. The minimum Gasteiger partial charge on any atom is -0.478 e. The van der Waals surface area contributed by atoms with Crippen LogP contribution < -0.4 is 10.1 Å². The molecule has 18 heavy (non-hydrogen) atoms. The van der Waals surface area contributed by atoms with Crippen molar-refractivity contribution in [2.75, 3.05) is 13.2 Å². The molecule has 0 saturated carbocycles. The number of hydrogen-bond donors (Lipinski definition) is 1. The fourth-order valence-corrected chi connectivity index (χ4v) is 2.12. The first kappa shape index (κ1) is 15.0. The van der Waals surface area contributed by atoms with Crippen LogP contribution in [-0.2, 0) is 0 Å². The van der Waals surface area contributed by atoms with Crippen LogP contribution in [0.4, 0.5) is 0 Å². The lowest BCUT2D eigenvalue weighted by Gasteiger charge is -2.23. The number of nitrogens with zero attached hydrogens (tertiary/aromatic N) is 1. The number of aromatic nitrogens is 1. The highest BCUT2D eigenvalue weighted by atomic mass is 16.5.